The maximum Gasteiger partial charge on any atom is 0.335 e. The van der Waals surface area contributed by atoms with Gasteiger partial charge in [-0.05, 0) is 37.1 Å². The van der Waals surface area contributed by atoms with Crippen LogP contribution in [0.15, 0.2) is 29.2 Å². The largest absolute Gasteiger partial charge is 0.478 e. The Labute approximate surface area is 100 Å². The summed E-state index contributed by atoms with van der Waals surface area (Å²) in [4.78, 5) is 12.0. The number of aromatic carboxylic acids is 1. The molecule has 0 unspecified atom stereocenters. The summed E-state index contributed by atoms with van der Waals surface area (Å²) < 4.78 is 0. The topological polar surface area (TPSA) is 37.3 Å². The highest BCUT2D eigenvalue weighted by molar-refractivity contribution is 7.96. The summed E-state index contributed by atoms with van der Waals surface area (Å²) in [6.07, 6.45) is 2.37. The third-order valence-corrected chi connectivity index (χ3v) is 5.08. The van der Waals surface area contributed by atoms with Crippen molar-refractivity contribution < 1.29 is 9.90 Å². The Bertz CT molecular complexity index is 326. The highest BCUT2D eigenvalue weighted by Crippen LogP contribution is 2.17. The van der Waals surface area contributed by atoms with E-state index in [1.165, 1.54) is 29.2 Å². The molecule has 0 aliphatic rings. The molecule has 0 aliphatic heterocycles. The summed E-state index contributed by atoms with van der Waals surface area (Å²) in [7, 11) is 0.298. The Morgan fingerprint density at radius 2 is 1.62 bits per heavy atom. The molecule has 0 aromatic heterocycles. The van der Waals surface area contributed by atoms with Gasteiger partial charge in [-0.15, -0.1) is 0 Å². The van der Waals surface area contributed by atoms with Gasteiger partial charge in [-0.25, -0.2) is 4.79 Å². The second kappa shape index (κ2) is 6.59. The Morgan fingerprint density at radius 1 is 1.12 bits per heavy atom. The number of hydrogen-bond acceptors (Lipinski definition) is 1. The molecule has 0 heterocycles. The summed E-state index contributed by atoms with van der Waals surface area (Å²) in [5, 5.41) is 8.82. The Kier molecular flexibility index (Phi) is 5.39. The zero-order valence-corrected chi connectivity index (χ0v) is 10.7. The summed E-state index contributed by atoms with van der Waals surface area (Å²) in [5.74, 6) is 1.57. The lowest BCUT2D eigenvalue weighted by Gasteiger charge is -2.06. The summed E-state index contributed by atoms with van der Waals surface area (Å²) in [6.45, 7) is 4.39. The van der Waals surface area contributed by atoms with Crippen LogP contribution in [-0.2, 0) is 10.9 Å². The molecule has 0 aliphatic carbocycles. The van der Waals surface area contributed by atoms with Gasteiger partial charge in [-0.1, -0.05) is 13.8 Å². The highest BCUT2D eigenvalue weighted by atomic mass is 32.2. The first kappa shape index (κ1) is 13.1. The summed E-state index contributed by atoms with van der Waals surface area (Å²) >= 11 is 0. The van der Waals surface area contributed by atoms with Gasteiger partial charge in [-0.3, -0.25) is 0 Å². The van der Waals surface area contributed by atoms with E-state index in [0.717, 1.165) is 0 Å². The van der Waals surface area contributed by atoms with Crippen molar-refractivity contribution in [1.82, 2.24) is 0 Å². The van der Waals surface area contributed by atoms with Crippen molar-refractivity contribution in [2.75, 3.05) is 11.5 Å². The van der Waals surface area contributed by atoms with Crippen LogP contribution in [0.3, 0.4) is 0 Å². The van der Waals surface area contributed by atoms with E-state index in [1.54, 1.807) is 12.1 Å². The molecule has 2 nitrogen and oxygen atoms in total. The van der Waals surface area contributed by atoms with E-state index in [4.69, 9.17) is 5.11 Å². The first-order valence-corrected chi connectivity index (χ1v) is 7.26. The first-order valence-electron chi connectivity index (χ1n) is 5.69. The molecule has 0 saturated heterocycles. The molecule has 1 N–H and O–H groups in total. The summed E-state index contributed by atoms with van der Waals surface area (Å²) in [6, 6.07) is 7.36. The van der Waals surface area contributed by atoms with Gasteiger partial charge in [0.05, 0.1) is 5.56 Å². The van der Waals surface area contributed by atoms with Crippen molar-refractivity contribution >= 4 is 16.9 Å². The van der Waals surface area contributed by atoms with Crippen LogP contribution in [0.2, 0.25) is 0 Å². The van der Waals surface area contributed by atoms with Crippen LogP contribution >= 0.6 is 0 Å². The van der Waals surface area contributed by atoms with Gasteiger partial charge in [0.25, 0.3) is 0 Å². The van der Waals surface area contributed by atoms with Crippen molar-refractivity contribution in [3.63, 3.8) is 0 Å². The van der Waals surface area contributed by atoms with E-state index in [2.05, 4.69) is 13.8 Å². The quantitative estimate of drug-likeness (QED) is 0.774. The SMILES string of the molecule is CCC[S+](CCC)c1ccc(C(=O)O)cc1. The number of carboxylic acid groups (broad SMARTS) is 1. The normalized spacial score (nSPS) is 10.7. The van der Waals surface area contributed by atoms with Gasteiger partial charge in [0, 0.05) is 10.9 Å². The van der Waals surface area contributed by atoms with Crippen molar-refractivity contribution in [2.24, 2.45) is 0 Å². The number of carbonyl (C=O) groups is 1. The van der Waals surface area contributed by atoms with E-state index in [9.17, 15) is 4.79 Å². The van der Waals surface area contributed by atoms with Crippen molar-refractivity contribution in [1.29, 1.82) is 0 Å². The van der Waals surface area contributed by atoms with Gasteiger partial charge in [0.2, 0.25) is 0 Å². The standard InChI is InChI=1S/C13H18O2S/c1-3-9-16(10-4-2)12-7-5-11(6-8-12)13(14)15/h5-8H,3-4,9-10H2,1-2H3/p+1. The average molecular weight is 239 g/mol. The van der Waals surface area contributed by atoms with Crippen LogP contribution in [0.4, 0.5) is 0 Å². The molecule has 0 atom stereocenters. The lowest BCUT2D eigenvalue weighted by molar-refractivity contribution is 0.0697. The predicted molar refractivity (Wildman–Crippen MR) is 69.3 cm³/mol. The molecule has 0 saturated carbocycles. The molecule has 3 heteroatoms. The lowest BCUT2D eigenvalue weighted by atomic mass is 10.2. The molecule has 1 rings (SSSR count). The maximum absolute atomic E-state index is 10.7. The molecule has 1 aromatic carbocycles. The van der Waals surface area contributed by atoms with Gasteiger partial charge >= 0.3 is 5.97 Å². The molecule has 0 radical (unpaired) electrons. The maximum atomic E-state index is 10.7. The van der Waals surface area contributed by atoms with E-state index in [0.29, 0.717) is 16.5 Å². The second-order valence-electron chi connectivity index (χ2n) is 3.73. The molecule has 0 bridgehead atoms. The molecule has 16 heavy (non-hydrogen) atoms. The number of rotatable bonds is 6. The summed E-state index contributed by atoms with van der Waals surface area (Å²) in [5.41, 5.74) is 0.375. The first-order chi connectivity index (χ1) is 7.69. The zero-order chi connectivity index (χ0) is 12.0. The van der Waals surface area contributed by atoms with Crippen LogP contribution < -0.4 is 0 Å². The fourth-order valence-electron chi connectivity index (χ4n) is 1.62. The predicted octanol–water partition coefficient (Wildman–Crippen LogP) is 3.18. The zero-order valence-electron chi connectivity index (χ0n) is 9.90. The third kappa shape index (κ3) is 3.56. The van der Waals surface area contributed by atoms with Crippen LogP contribution in [-0.4, -0.2) is 22.6 Å². The number of benzene rings is 1. The molecular formula is C13H19O2S+. The fourth-order valence-corrected chi connectivity index (χ4v) is 3.80. The number of hydrogen-bond donors (Lipinski definition) is 1. The van der Waals surface area contributed by atoms with E-state index in [-0.39, 0.29) is 0 Å². The van der Waals surface area contributed by atoms with E-state index < -0.39 is 5.97 Å². The Balaban J connectivity index is 2.80. The lowest BCUT2D eigenvalue weighted by Crippen LogP contribution is -2.12. The van der Waals surface area contributed by atoms with Crippen LogP contribution in [0.1, 0.15) is 37.0 Å². The minimum atomic E-state index is -0.850. The van der Waals surface area contributed by atoms with Gasteiger partial charge < -0.3 is 5.11 Å². The van der Waals surface area contributed by atoms with Gasteiger partial charge in [0.1, 0.15) is 11.5 Å². The Morgan fingerprint density at radius 3 is 2.00 bits per heavy atom. The van der Waals surface area contributed by atoms with Gasteiger partial charge in [-0.2, -0.15) is 0 Å². The Hall–Kier alpha value is -0.960. The highest BCUT2D eigenvalue weighted by Gasteiger charge is 2.19. The van der Waals surface area contributed by atoms with Crippen molar-refractivity contribution in [3.05, 3.63) is 29.8 Å². The molecule has 0 amide bonds. The molecule has 88 valence electrons. The smallest absolute Gasteiger partial charge is 0.335 e. The molecule has 0 fully saturated rings. The van der Waals surface area contributed by atoms with Crippen LogP contribution in [0, 0.1) is 0 Å². The van der Waals surface area contributed by atoms with E-state index in [1.807, 2.05) is 12.1 Å². The number of carboxylic acids is 1. The molecule has 0 spiro atoms. The molecular weight excluding hydrogens is 220 g/mol. The fraction of sp³-hybridized carbons (Fsp3) is 0.462. The van der Waals surface area contributed by atoms with Crippen LogP contribution in [0.5, 0.6) is 0 Å². The third-order valence-electron chi connectivity index (χ3n) is 2.34. The van der Waals surface area contributed by atoms with Crippen LogP contribution in [0.25, 0.3) is 0 Å². The average Bonchev–Trinajstić information content (AvgIpc) is 2.29. The second-order valence-corrected chi connectivity index (χ2v) is 6.00. The van der Waals surface area contributed by atoms with Crippen molar-refractivity contribution in [2.45, 2.75) is 31.6 Å². The monoisotopic (exact) mass is 239 g/mol. The minimum Gasteiger partial charge on any atom is -0.478 e. The van der Waals surface area contributed by atoms with E-state index >= 15 is 0 Å². The minimum absolute atomic E-state index is 0.298. The van der Waals surface area contributed by atoms with Gasteiger partial charge in [0.15, 0.2) is 4.90 Å². The molecule has 1 aromatic rings. The van der Waals surface area contributed by atoms with Crippen molar-refractivity contribution in [3.8, 4) is 0 Å².